The number of carbonyl (C=O) groups is 1. The van der Waals surface area contributed by atoms with Gasteiger partial charge in [-0.3, -0.25) is 4.79 Å². The van der Waals surface area contributed by atoms with Gasteiger partial charge in [0.1, 0.15) is 23.8 Å². The molecule has 2 aromatic heterocycles. The van der Waals surface area contributed by atoms with Gasteiger partial charge in [0, 0.05) is 44.1 Å². The highest BCUT2D eigenvalue weighted by atomic mass is 16.5. The first-order chi connectivity index (χ1) is 16.1. The number of aromatic hydroxyl groups is 1. The molecule has 1 N–H and O–H groups in total. The minimum absolute atomic E-state index is 0.00852. The summed E-state index contributed by atoms with van der Waals surface area (Å²) in [5.74, 6) is 0.977. The molecule has 7 heteroatoms. The standard InChI is InChI=1S/C26H26N4O3/c1-19-6-11-25-27-21(17-30(25)16-19)18-33-22-9-7-20(8-10-22)26(32)29-14-12-28(13-15-29)23-4-2-3-5-24(23)31/h2-11,16-17,31H,12-15,18H2,1H3. The highest BCUT2D eigenvalue weighted by molar-refractivity contribution is 5.94. The van der Waals surface area contributed by atoms with Crippen LogP contribution in [0.25, 0.3) is 5.65 Å². The third-order valence-electron chi connectivity index (χ3n) is 5.93. The van der Waals surface area contributed by atoms with Crippen molar-refractivity contribution < 1.29 is 14.6 Å². The number of ether oxygens (including phenoxy) is 1. The van der Waals surface area contributed by atoms with Gasteiger partial charge in [-0.15, -0.1) is 0 Å². The highest BCUT2D eigenvalue weighted by Crippen LogP contribution is 2.27. The maximum Gasteiger partial charge on any atom is 0.253 e. The van der Waals surface area contributed by atoms with Crippen LogP contribution >= 0.6 is 0 Å². The van der Waals surface area contributed by atoms with Crippen molar-refractivity contribution in [2.75, 3.05) is 31.1 Å². The van der Waals surface area contributed by atoms with Crippen molar-refractivity contribution in [3.63, 3.8) is 0 Å². The first kappa shape index (κ1) is 20.9. The molecule has 0 atom stereocenters. The van der Waals surface area contributed by atoms with Crippen LogP contribution in [-0.4, -0.2) is 51.5 Å². The molecule has 0 unspecified atom stereocenters. The Morgan fingerprint density at radius 1 is 0.970 bits per heavy atom. The monoisotopic (exact) mass is 442 g/mol. The maximum atomic E-state index is 12.9. The number of benzene rings is 2. The Hall–Kier alpha value is -4.00. The van der Waals surface area contributed by atoms with Crippen LogP contribution in [0.3, 0.4) is 0 Å². The van der Waals surface area contributed by atoms with Crippen LogP contribution in [0.4, 0.5) is 5.69 Å². The Bertz CT molecular complexity index is 1270. The van der Waals surface area contributed by atoms with Gasteiger partial charge in [0.2, 0.25) is 0 Å². The summed E-state index contributed by atoms with van der Waals surface area (Å²) < 4.78 is 7.87. The molecule has 1 aliphatic rings. The number of amides is 1. The molecule has 168 valence electrons. The second-order valence-corrected chi connectivity index (χ2v) is 8.29. The second-order valence-electron chi connectivity index (χ2n) is 8.29. The quantitative estimate of drug-likeness (QED) is 0.508. The number of nitrogens with zero attached hydrogens (tertiary/aromatic N) is 4. The molecule has 7 nitrogen and oxygen atoms in total. The van der Waals surface area contributed by atoms with E-state index >= 15 is 0 Å². The van der Waals surface area contributed by atoms with Crippen molar-refractivity contribution in [3.8, 4) is 11.5 Å². The van der Waals surface area contributed by atoms with Crippen LogP contribution in [0.5, 0.6) is 11.5 Å². The van der Waals surface area contributed by atoms with Gasteiger partial charge >= 0.3 is 0 Å². The van der Waals surface area contributed by atoms with Crippen molar-refractivity contribution in [3.05, 3.63) is 89.9 Å². The Morgan fingerprint density at radius 2 is 1.73 bits per heavy atom. The average Bonchev–Trinajstić information content (AvgIpc) is 3.25. The van der Waals surface area contributed by atoms with Crippen LogP contribution in [0, 0.1) is 6.92 Å². The Balaban J connectivity index is 1.17. The molecular formula is C26H26N4O3. The number of rotatable bonds is 5. The normalized spacial score (nSPS) is 14.0. The summed E-state index contributed by atoms with van der Waals surface area (Å²) in [7, 11) is 0. The number of phenolic OH excluding ortho intramolecular Hbond substituents is 1. The minimum atomic E-state index is 0.00852. The first-order valence-corrected chi connectivity index (χ1v) is 11.1. The Kier molecular flexibility index (Phi) is 5.60. The molecule has 33 heavy (non-hydrogen) atoms. The zero-order chi connectivity index (χ0) is 22.8. The summed E-state index contributed by atoms with van der Waals surface area (Å²) in [6.45, 7) is 5.00. The predicted molar refractivity (Wildman–Crippen MR) is 127 cm³/mol. The minimum Gasteiger partial charge on any atom is -0.506 e. The van der Waals surface area contributed by atoms with Gasteiger partial charge in [0.25, 0.3) is 5.91 Å². The number of aromatic nitrogens is 2. The van der Waals surface area contributed by atoms with E-state index in [4.69, 9.17) is 4.74 Å². The van der Waals surface area contributed by atoms with Crippen molar-refractivity contribution in [2.24, 2.45) is 0 Å². The van der Waals surface area contributed by atoms with E-state index in [0.29, 0.717) is 44.1 Å². The smallest absolute Gasteiger partial charge is 0.253 e. The lowest BCUT2D eigenvalue weighted by Gasteiger charge is -2.36. The summed E-state index contributed by atoms with van der Waals surface area (Å²) in [5, 5.41) is 10.1. The zero-order valence-electron chi connectivity index (χ0n) is 18.5. The van der Waals surface area contributed by atoms with Gasteiger partial charge < -0.3 is 24.0 Å². The number of aryl methyl sites for hydroxylation is 1. The van der Waals surface area contributed by atoms with Gasteiger partial charge in [-0.1, -0.05) is 18.2 Å². The van der Waals surface area contributed by atoms with Crippen LogP contribution in [-0.2, 0) is 6.61 Å². The fourth-order valence-electron chi connectivity index (χ4n) is 4.14. The third kappa shape index (κ3) is 4.48. The summed E-state index contributed by atoms with van der Waals surface area (Å²) in [5.41, 5.74) is 4.37. The number of pyridine rings is 1. The van der Waals surface area contributed by atoms with Gasteiger partial charge in [0.15, 0.2) is 0 Å². The van der Waals surface area contributed by atoms with Crippen LogP contribution in [0.15, 0.2) is 73.1 Å². The third-order valence-corrected chi connectivity index (χ3v) is 5.93. The number of imidazole rings is 1. The molecule has 0 aliphatic carbocycles. The molecule has 0 radical (unpaired) electrons. The van der Waals surface area contributed by atoms with E-state index in [9.17, 15) is 9.90 Å². The van der Waals surface area contributed by atoms with E-state index in [1.807, 2.05) is 71.1 Å². The Morgan fingerprint density at radius 3 is 2.48 bits per heavy atom. The lowest BCUT2D eigenvalue weighted by Crippen LogP contribution is -2.48. The van der Waals surface area contributed by atoms with Gasteiger partial charge in [0.05, 0.1) is 11.4 Å². The number of piperazine rings is 1. The number of phenols is 1. The second kappa shape index (κ2) is 8.86. The predicted octanol–water partition coefficient (Wildman–Crippen LogP) is 3.89. The van der Waals surface area contributed by atoms with E-state index in [1.54, 1.807) is 18.2 Å². The number of hydrogen-bond donors (Lipinski definition) is 1. The van der Waals surface area contributed by atoms with Crippen LogP contribution in [0.1, 0.15) is 21.6 Å². The summed E-state index contributed by atoms with van der Waals surface area (Å²) >= 11 is 0. The molecule has 0 saturated carbocycles. The Labute approximate surface area is 192 Å². The van der Waals surface area contributed by atoms with Gasteiger partial charge in [-0.2, -0.15) is 0 Å². The molecule has 1 saturated heterocycles. The number of fused-ring (bicyclic) bond motifs is 1. The molecule has 1 aliphatic heterocycles. The van der Waals surface area contributed by atoms with Crippen molar-refractivity contribution >= 4 is 17.2 Å². The van der Waals surface area contributed by atoms with E-state index in [2.05, 4.69) is 9.88 Å². The van der Waals surface area contributed by atoms with E-state index < -0.39 is 0 Å². The topological polar surface area (TPSA) is 70.3 Å². The molecule has 0 spiro atoms. The summed E-state index contributed by atoms with van der Waals surface area (Å²) in [4.78, 5) is 21.5. The molecule has 5 rings (SSSR count). The van der Waals surface area contributed by atoms with E-state index in [0.717, 1.165) is 17.0 Å². The molecule has 2 aromatic carbocycles. The molecule has 1 fully saturated rings. The summed E-state index contributed by atoms with van der Waals surface area (Å²) in [6.07, 6.45) is 4.00. The molecule has 0 bridgehead atoms. The largest absolute Gasteiger partial charge is 0.506 e. The van der Waals surface area contributed by atoms with Crippen LogP contribution in [0.2, 0.25) is 0 Å². The maximum absolute atomic E-state index is 12.9. The van der Waals surface area contributed by atoms with E-state index in [-0.39, 0.29) is 11.7 Å². The van der Waals surface area contributed by atoms with Crippen molar-refractivity contribution in [2.45, 2.75) is 13.5 Å². The fraction of sp³-hybridized carbons (Fsp3) is 0.231. The van der Waals surface area contributed by atoms with Gasteiger partial charge in [-0.05, 0) is 55.0 Å². The lowest BCUT2D eigenvalue weighted by atomic mass is 10.1. The number of carbonyl (C=O) groups excluding carboxylic acids is 1. The molecule has 4 aromatic rings. The number of anilines is 1. The first-order valence-electron chi connectivity index (χ1n) is 11.1. The van der Waals surface area contributed by atoms with Gasteiger partial charge in [-0.25, -0.2) is 4.98 Å². The fourth-order valence-corrected chi connectivity index (χ4v) is 4.14. The van der Waals surface area contributed by atoms with Crippen molar-refractivity contribution in [1.82, 2.24) is 14.3 Å². The average molecular weight is 443 g/mol. The number of hydrogen-bond acceptors (Lipinski definition) is 5. The molecule has 1 amide bonds. The SMILES string of the molecule is Cc1ccc2nc(COc3ccc(C(=O)N4CCN(c5ccccc5O)CC4)cc3)cn2c1. The number of para-hydroxylation sites is 2. The van der Waals surface area contributed by atoms with E-state index in [1.165, 1.54) is 5.56 Å². The van der Waals surface area contributed by atoms with Crippen LogP contribution < -0.4 is 9.64 Å². The zero-order valence-corrected chi connectivity index (χ0v) is 18.5. The highest BCUT2D eigenvalue weighted by Gasteiger charge is 2.23. The molecule has 3 heterocycles. The van der Waals surface area contributed by atoms with Crippen molar-refractivity contribution in [1.29, 1.82) is 0 Å². The summed E-state index contributed by atoms with van der Waals surface area (Å²) in [6, 6.07) is 18.6. The molecular weight excluding hydrogens is 416 g/mol. The lowest BCUT2D eigenvalue weighted by molar-refractivity contribution is 0.0746.